The Morgan fingerprint density at radius 1 is 1.05 bits per heavy atom. The molecule has 0 aliphatic carbocycles. The fourth-order valence-corrected chi connectivity index (χ4v) is 5.30. The molecule has 194 valence electrons. The predicted octanol–water partition coefficient (Wildman–Crippen LogP) is 2.24. The van der Waals surface area contributed by atoms with Gasteiger partial charge in [0.05, 0.1) is 6.04 Å². The molecule has 8 heteroatoms. The largest absolute Gasteiger partial charge is 0.508 e. The van der Waals surface area contributed by atoms with Gasteiger partial charge in [0.25, 0.3) is 0 Å². The van der Waals surface area contributed by atoms with Gasteiger partial charge in [-0.2, -0.15) is 0 Å². The number of nitrogens with zero attached hydrogens (tertiary/aromatic N) is 1. The second-order valence-electron chi connectivity index (χ2n) is 9.86. The number of fused-ring (bicyclic) bond motifs is 1. The summed E-state index contributed by atoms with van der Waals surface area (Å²) in [4.78, 5) is 40.4. The number of primary amides is 1. The van der Waals surface area contributed by atoms with Crippen LogP contribution in [0, 0.1) is 13.8 Å². The van der Waals surface area contributed by atoms with Crippen molar-refractivity contribution in [2.45, 2.75) is 57.7 Å². The number of hydrogen-bond acceptors (Lipinski definition) is 5. The van der Waals surface area contributed by atoms with Crippen LogP contribution in [-0.4, -0.2) is 52.4 Å². The van der Waals surface area contributed by atoms with Gasteiger partial charge in [-0.15, -0.1) is 0 Å². The first-order valence-corrected chi connectivity index (χ1v) is 12.6. The van der Waals surface area contributed by atoms with E-state index in [1.54, 1.807) is 12.1 Å². The summed E-state index contributed by atoms with van der Waals surface area (Å²) in [6.45, 7) is 4.15. The summed E-state index contributed by atoms with van der Waals surface area (Å²) >= 11 is 0. The van der Waals surface area contributed by atoms with E-state index in [9.17, 15) is 19.5 Å². The van der Waals surface area contributed by atoms with E-state index in [1.165, 1.54) is 4.90 Å². The normalized spacial score (nSPS) is 16.9. The minimum atomic E-state index is -0.910. The van der Waals surface area contributed by atoms with Crippen LogP contribution in [0.25, 0.3) is 10.8 Å². The van der Waals surface area contributed by atoms with Crippen LogP contribution in [0.1, 0.15) is 35.1 Å². The first-order valence-electron chi connectivity index (χ1n) is 12.6. The molecule has 4 rings (SSSR count). The Balaban J connectivity index is 1.46. The standard InChI is InChI=1S/C29H34N4O4/c1-17-13-21(34)14-18(2)23(17)16-24(30)29(37)33-12-6-11-26(33)28(36)32-25(27(31)35)15-20-9-5-8-19-7-3-4-10-22(19)20/h3-5,7-10,13-14,24-26,34H,6,11-12,15-16,30H2,1-2H3,(H2,31,35)(H,32,36)/t24-,25-,26-/m0/s1. The lowest BCUT2D eigenvalue weighted by molar-refractivity contribution is -0.140. The molecule has 0 bridgehead atoms. The van der Waals surface area contributed by atoms with Crippen LogP contribution in [0.3, 0.4) is 0 Å². The van der Waals surface area contributed by atoms with E-state index in [4.69, 9.17) is 11.5 Å². The van der Waals surface area contributed by atoms with Crippen LogP contribution < -0.4 is 16.8 Å². The van der Waals surface area contributed by atoms with Crippen molar-refractivity contribution in [3.8, 4) is 5.75 Å². The van der Waals surface area contributed by atoms with Crippen molar-refractivity contribution in [2.24, 2.45) is 11.5 Å². The average Bonchev–Trinajstić information content (AvgIpc) is 3.35. The number of phenols is 1. The van der Waals surface area contributed by atoms with Crippen molar-refractivity contribution in [1.82, 2.24) is 10.2 Å². The summed E-state index contributed by atoms with van der Waals surface area (Å²) in [5.74, 6) is -1.18. The van der Waals surface area contributed by atoms with Crippen molar-refractivity contribution >= 4 is 28.5 Å². The van der Waals surface area contributed by atoms with Gasteiger partial charge in [-0.05, 0) is 78.3 Å². The molecular weight excluding hydrogens is 468 g/mol. The molecule has 1 heterocycles. The topological polar surface area (TPSA) is 139 Å². The third-order valence-electron chi connectivity index (χ3n) is 7.22. The highest BCUT2D eigenvalue weighted by molar-refractivity contribution is 5.94. The van der Waals surface area contributed by atoms with Crippen LogP contribution in [0.4, 0.5) is 0 Å². The second-order valence-corrected chi connectivity index (χ2v) is 9.86. The lowest BCUT2D eigenvalue weighted by Gasteiger charge is -2.28. The van der Waals surface area contributed by atoms with E-state index in [0.717, 1.165) is 33.0 Å². The van der Waals surface area contributed by atoms with Gasteiger partial charge in [-0.25, -0.2) is 0 Å². The van der Waals surface area contributed by atoms with Crippen LogP contribution in [0.2, 0.25) is 0 Å². The Morgan fingerprint density at radius 2 is 1.73 bits per heavy atom. The van der Waals surface area contributed by atoms with Crippen molar-refractivity contribution in [2.75, 3.05) is 6.54 Å². The fourth-order valence-electron chi connectivity index (χ4n) is 5.30. The highest BCUT2D eigenvalue weighted by Gasteiger charge is 2.37. The number of hydrogen-bond donors (Lipinski definition) is 4. The Morgan fingerprint density at radius 3 is 2.43 bits per heavy atom. The zero-order valence-corrected chi connectivity index (χ0v) is 21.2. The summed E-state index contributed by atoms with van der Waals surface area (Å²) in [7, 11) is 0. The summed E-state index contributed by atoms with van der Waals surface area (Å²) < 4.78 is 0. The molecule has 0 unspecified atom stereocenters. The maximum atomic E-state index is 13.3. The number of benzene rings is 3. The summed E-state index contributed by atoms with van der Waals surface area (Å²) in [6.07, 6.45) is 1.70. The Bertz CT molecular complexity index is 1310. The molecule has 0 spiro atoms. The van der Waals surface area contributed by atoms with Gasteiger partial charge in [-0.1, -0.05) is 42.5 Å². The maximum absolute atomic E-state index is 13.3. The SMILES string of the molecule is Cc1cc(O)cc(C)c1C[C@H](N)C(=O)N1CCC[C@H]1C(=O)N[C@@H](Cc1cccc2ccccc12)C(N)=O. The van der Waals surface area contributed by atoms with Crippen LogP contribution in [-0.2, 0) is 27.2 Å². The zero-order valence-electron chi connectivity index (χ0n) is 21.2. The number of likely N-dealkylation sites (tertiary alicyclic amines) is 1. The number of phenolic OH excluding ortho intramolecular Hbond substituents is 1. The predicted molar refractivity (Wildman–Crippen MR) is 143 cm³/mol. The number of nitrogens with two attached hydrogens (primary N) is 2. The first kappa shape index (κ1) is 26.2. The third-order valence-corrected chi connectivity index (χ3v) is 7.22. The van der Waals surface area contributed by atoms with Gasteiger partial charge in [0.2, 0.25) is 17.7 Å². The van der Waals surface area contributed by atoms with Crippen LogP contribution in [0.5, 0.6) is 5.75 Å². The van der Waals surface area contributed by atoms with Crippen LogP contribution in [0.15, 0.2) is 54.6 Å². The Labute approximate surface area is 216 Å². The van der Waals surface area contributed by atoms with Gasteiger partial charge < -0.3 is 26.8 Å². The lowest BCUT2D eigenvalue weighted by Crippen LogP contribution is -2.55. The number of aryl methyl sites for hydroxylation is 2. The molecule has 0 aromatic heterocycles. The average molecular weight is 503 g/mol. The molecular formula is C29H34N4O4. The molecule has 6 N–H and O–H groups in total. The molecule has 3 aromatic rings. The molecule has 37 heavy (non-hydrogen) atoms. The number of aromatic hydroxyl groups is 1. The molecule has 0 radical (unpaired) electrons. The van der Waals surface area contributed by atoms with Gasteiger partial charge >= 0.3 is 0 Å². The van der Waals surface area contributed by atoms with Gasteiger partial charge in [-0.3, -0.25) is 14.4 Å². The number of carbonyl (C=O) groups excluding carboxylic acids is 3. The highest BCUT2D eigenvalue weighted by atomic mass is 16.3. The summed E-state index contributed by atoms with van der Waals surface area (Å²) in [5.41, 5.74) is 15.5. The van der Waals surface area contributed by atoms with Gasteiger partial charge in [0.1, 0.15) is 17.8 Å². The molecule has 1 aliphatic rings. The first-order chi connectivity index (χ1) is 17.7. The minimum absolute atomic E-state index is 0.169. The van der Waals surface area contributed by atoms with E-state index >= 15 is 0 Å². The zero-order chi connectivity index (χ0) is 26.7. The quantitative estimate of drug-likeness (QED) is 0.374. The minimum Gasteiger partial charge on any atom is -0.508 e. The molecule has 1 saturated heterocycles. The number of carbonyl (C=O) groups is 3. The van der Waals surface area contributed by atoms with Crippen molar-refractivity contribution in [3.05, 3.63) is 76.9 Å². The molecule has 1 aliphatic heterocycles. The molecule has 3 aromatic carbocycles. The van der Waals surface area contributed by atoms with Gasteiger partial charge in [0.15, 0.2) is 0 Å². The van der Waals surface area contributed by atoms with Crippen molar-refractivity contribution < 1.29 is 19.5 Å². The van der Waals surface area contributed by atoms with E-state index in [-0.39, 0.29) is 18.1 Å². The van der Waals surface area contributed by atoms with Crippen molar-refractivity contribution in [3.63, 3.8) is 0 Å². The molecule has 3 amide bonds. The van der Waals surface area contributed by atoms with Crippen LogP contribution >= 0.6 is 0 Å². The highest BCUT2D eigenvalue weighted by Crippen LogP contribution is 2.24. The van der Waals surface area contributed by atoms with E-state index in [0.29, 0.717) is 25.8 Å². The van der Waals surface area contributed by atoms with E-state index in [2.05, 4.69) is 5.32 Å². The second kappa shape index (κ2) is 11.0. The van der Waals surface area contributed by atoms with Gasteiger partial charge in [0, 0.05) is 13.0 Å². The monoisotopic (exact) mass is 502 g/mol. The van der Waals surface area contributed by atoms with Crippen molar-refractivity contribution in [1.29, 1.82) is 0 Å². The maximum Gasteiger partial charge on any atom is 0.243 e. The summed E-state index contributed by atoms with van der Waals surface area (Å²) in [5, 5.41) is 14.6. The Hall–Kier alpha value is -3.91. The molecule has 1 fully saturated rings. The molecule has 0 saturated carbocycles. The smallest absolute Gasteiger partial charge is 0.243 e. The lowest BCUT2D eigenvalue weighted by atomic mass is 9.95. The molecule has 8 nitrogen and oxygen atoms in total. The Kier molecular flexibility index (Phi) is 7.78. The van der Waals surface area contributed by atoms with E-state index in [1.807, 2.05) is 56.3 Å². The summed E-state index contributed by atoms with van der Waals surface area (Å²) in [6, 6.07) is 14.5. The van der Waals surface area contributed by atoms with E-state index < -0.39 is 29.9 Å². The molecule has 3 atom stereocenters. The number of rotatable bonds is 8. The number of nitrogens with one attached hydrogen (secondary N) is 1. The third kappa shape index (κ3) is 5.75. The number of amides is 3. The fraction of sp³-hybridized carbons (Fsp3) is 0.345.